The second-order valence-electron chi connectivity index (χ2n) is 3.59. The summed E-state index contributed by atoms with van der Waals surface area (Å²) < 4.78 is 0. The molecule has 0 heterocycles. The normalized spacial score (nSPS) is 10.3. The topological polar surface area (TPSA) is 40.5 Å². The minimum absolute atomic E-state index is 0.107. The quantitative estimate of drug-likeness (QED) is 0.783. The first-order chi connectivity index (χ1) is 7.66. The molecule has 82 valence electrons. The Bertz CT molecular complexity index is 509. The van der Waals surface area contributed by atoms with E-state index in [0.717, 1.165) is 11.1 Å². The Morgan fingerprint density at radius 2 is 1.69 bits per heavy atom. The first kappa shape index (κ1) is 10.8. The SMILES string of the molecule is Oc1ccc(Cc2ccccc2Cl)cc1O. The third kappa shape index (κ3) is 2.28. The summed E-state index contributed by atoms with van der Waals surface area (Å²) in [4.78, 5) is 0. The van der Waals surface area contributed by atoms with Gasteiger partial charge in [-0.1, -0.05) is 35.9 Å². The van der Waals surface area contributed by atoms with Crippen LogP contribution in [0.3, 0.4) is 0 Å². The molecule has 0 atom stereocenters. The van der Waals surface area contributed by atoms with Gasteiger partial charge in [-0.2, -0.15) is 0 Å². The van der Waals surface area contributed by atoms with Crippen LogP contribution >= 0.6 is 11.6 Å². The maximum atomic E-state index is 9.36. The zero-order chi connectivity index (χ0) is 11.5. The van der Waals surface area contributed by atoms with E-state index >= 15 is 0 Å². The molecule has 0 fully saturated rings. The Morgan fingerprint density at radius 3 is 2.38 bits per heavy atom. The van der Waals surface area contributed by atoms with Gasteiger partial charge < -0.3 is 10.2 Å². The van der Waals surface area contributed by atoms with Crippen LogP contribution in [-0.4, -0.2) is 10.2 Å². The van der Waals surface area contributed by atoms with E-state index < -0.39 is 0 Å². The molecule has 0 amide bonds. The molecule has 0 aromatic heterocycles. The van der Waals surface area contributed by atoms with Crippen LogP contribution in [-0.2, 0) is 6.42 Å². The van der Waals surface area contributed by atoms with Crippen LogP contribution in [0.25, 0.3) is 0 Å². The van der Waals surface area contributed by atoms with Crippen molar-refractivity contribution in [3.05, 3.63) is 58.6 Å². The average Bonchev–Trinajstić information content (AvgIpc) is 2.27. The van der Waals surface area contributed by atoms with Gasteiger partial charge in [0.25, 0.3) is 0 Å². The van der Waals surface area contributed by atoms with Gasteiger partial charge in [0.2, 0.25) is 0 Å². The van der Waals surface area contributed by atoms with Crippen molar-refractivity contribution in [3.63, 3.8) is 0 Å². The van der Waals surface area contributed by atoms with Gasteiger partial charge in [0.05, 0.1) is 0 Å². The maximum Gasteiger partial charge on any atom is 0.157 e. The Kier molecular flexibility index (Phi) is 3.02. The number of benzene rings is 2. The molecule has 0 radical (unpaired) electrons. The van der Waals surface area contributed by atoms with Crippen molar-refractivity contribution in [2.24, 2.45) is 0 Å². The fourth-order valence-corrected chi connectivity index (χ4v) is 1.74. The van der Waals surface area contributed by atoms with Crippen molar-refractivity contribution in [2.75, 3.05) is 0 Å². The lowest BCUT2D eigenvalue weighted by Crippen LogP contribution is -1.88. The van der Waals surface area contributed by atoms with Crippen molar-refractivity contribution >= 4 is 11.6 Å². The highest BCUT2D eigenvalue weighted by atomic mass is 35.5. The van der Waals surface area contributed by atoms with E-state index in [-0.39, 0.29) is 11.5 Å². The van der Waals surface area contributed by atoms with E-state index in [2.05, 4.69) is 0 Å². The number of halogens is 1. The van der Waals surface area contributed by atoms with Crippen molar-refractivity contribution in [1.82, 2.24) is 0 Å². The molecule has 2 aromatic rings. The monoisotopic (exact) mass is 234 g/mol. The van der Waals surface area contributed by atoms with Crippen LogP contribution in [0, 0.1) is 0 Å². The molecule has 0 saturated heterocycles. The standard InChI is InChI=1S/C13H11ClO2/c14-11-4-2-1-3-10(11)7-9-5-6-12(15)13(16)8-9/h1-6,8,15-16H,7H2. The molecule has 2 rings (SSSR count). The molecule has 0 spiro atoms. The van der Waals surface area contributed by atoms with Gasteiger partial charge in [-0.05, 0) is 35.7 Å². The average molecular weight is 235 g/mol. The van der Waals surface area contributed by atoms with Crippen LogP contribution in [0.5, 0.6) is 11.5 Å². The summed E-state index contributed by atoms with van der Waals surface area (Å²) in [7, 11) is 0. The van der Waals surface area contributed by atoms with E-state index in [1.807, 2.05) is 24.3 Å². The fraction of sp³-hybridized carbons (Fsp3) is 0.0769. The van der Waals surface area contributed by atoms with Crippen LogP contribution in [0.4, 0.5) is 0 Å². The number of hydrogen-bond acceptors (Lipinski definition) is 2. The van der Waals surface area contributed by atoms with Gasteiger partial charge in [0.1, 0.15) is 0 Å². The Hall–Kier alpha value is -1.67. The van der Waals surface area contributed by atoms with Gasteiger partial charge in [-0.3, -0.25) is 0 Å². The van der Waals surface area contributed by atoms with Gasteiger partial charge >= 0.3 is 0 Å². The van der Waals surface area contributed by atoms with E-state index in [4.69, 9.17) is 11.6 Å². The van der Waals surface area contributed by atoms with Crippen LogP contribution in [0.2, 0.25) is 5.02 Å². The van der Waals surface area contributed by atoms with Gasteiger partial charge in [-0.25, -0.2) is 0 Å². The molecule has 2 nitrogen and oxygen atoms in total. The van der Waals surface area contributed by atoms with Crippen LogP contribution in [0.1, 0.15) is 11.1 Å². The van der Waals surface area contributed by atoms with E-state index in [1.165, 1.54) is 6.07 Å². The first-order valence-electron chi connectivity index (χ1n) is 4.91. The van der Waals surface area contributed by atoms with Crippen LogP contribution in [0.15, 0.2) is 42.5 Å². The molecular weight excluding hydrogens is 224 g/mol. The summed E-state index contributed by atoms with van der Waals surface area (Å²) in [6, 6.07) is 12.3. The van der Waals surface area contributed by atoms with Gasteiger partial charge in [-0.15, -0.1) is 0 Å². The minimum Gasteiger partial charge on any atom is -0.504 e. The lowest BCUT2D eigenvalue weighted by Gasteiger charge is -2.05. The zero-order valence-electron chi connectivity index (χ0n) is 8.52. The molecule has 16 heavy (non-hydrogen) atoms. The predicted molar refractivity (Wildman–Crippen MR) is 64.0 cm³/mol. The second kappa shape index (κ2) is 4.45. The highest BCUT2D eigenvalue weighted by Crippen LogP contribution is 2.27. The maximum absolute atomic E-state index is 9.36. The molecule has 0 aliphatic rings. The molecule has 0 aliphatic carbocycles. The Labute approximate surface area is 98.7 Å². The van der Waals surface area contributed by atoms with Crippen molar-refractivity contribution < 1.29 is 10.2 Å². The van der Waals surface area contributed by atoms with Crippen molar-refractivity contribution in [1.29, 1.82) is 0 Å². The predicted octanol–water partition coefficient (Wildman–Crippen LogP) is 3.34. The number of phenolic OH excluding ortho intramolecular Hbond substituents is 2. The molecule has 2 N–H and O–H groups in total. The summed E-state index contributed by atoms with van der Waals surface area (Å²) in [6.45, 7) is 0. The third-order valence-electron chi connectivity index (χ3n) is 2.39. The third-order valence-corrected chi connectivity index (χ3v) is 2.76. The number of aromatic hydroxyl groups is 2. The smallest absolute Gasteiger partial charge is 0.157 e. The number of hydrogen-bond donors (Lipinski definition) is 2. The highest BCUT2D eigenvalue weighted by molar-refractivity contribution is 6.31. The van der Waals surface area contributed by atoms with Gasteiger partial charge in [0.15, 0.2) is 11.5 Å². The zero-order valence-corrected chi connectivity index (χ0v) is 9.28. The Balaban J connectivity index is 2.28. The first-order valence-corrected chi connectivity index (χ1v) is 5.29. The molecular formula is C13H11ClO2. The molecule has 0 saturated carbocycles. The van der Waals surface area contributed by atoms with Crippen molar-refractivity contribution in [3.8, 4) is 11.5 Å². The van der Waals surface area contributed by atoms with E-state index in [0.29, 0.717) is 11.4 Å². The molecule has 0 aliphatic heterocycles. The molecule has 3 heteroatoms. The van der Waals surface area contributed by atoms with E-state index in [1.54, 1.807) is 12.1 Å². The molecule has 0 unspecified atom stereocenters. The summed E-state index contributed by atoms with van der Waals surface area (Å²) in [6.07, 6.45) is 0.632. The lowest BCUT2D eigenvalue weighted by atomic mass is 10.0. The number of rotatable bonds is 2. The fourth-order valence-electron chi connectivity index (χ4n) is 1.54. The largest absolute Gasteiger partial charge is 0.504 e. The summed E-state index contributed by atoms with van der Waals surface area (Å²) >= 11 is 6.03. The number of phenols is 2. The van der Waals surface area contributed by atoms with Crippen LogP contribution < -0.4 is 0 Å². The minimum atomic E-state index is -0.108. The van der Waals surface area contributed by atoms with Gasteiger partial charge in [0, 0.05) is 5.02 Å². The van der Waals surface area contributed by atoms with Crippen molar-refractivity contribution in [2.45, 2.75) is 6.42 Å². The summed E-state index contributed by atoms with van der Waals surface area (Å²) in [5.74, 6) is -0.215. The van der Waals surface area contributed by atoms with E-state index in [9.17, 15) is 10.2 Å². The molecule has 2 aromatic carbocycles. The Morgan fingerprint density at radius 1 is 0.938 bits per heavy atom. The highest BCUT2D eigenvalue weighted by Gasteiger charge is 2.04. The second-order valence-corrected chi connectivity index (χ2v) is 4.00. The lowest BCUT2D eigenvalue weighted by molar-refractivity contribution is 0.403. The summed E-state index contributed by atoms with van der Waals surface area (Å²) in [5, 5.41) is 19.3. The summed E-state index contributed by atoms with van der Waals surface area (Å²) in [5.41, 5.74) is 1.90. The molecule has 0 bridgehead atoms.